The van der Waals surface area contributed by atoms with Gasteiger partial charge in [0.15, 0.2) is 0 Å². The van der Waals surface area contributed by atoms with E-state index in [-0.39, 0.29) is 6.04 Å². The minimum absolute atomic E-state index is 0.234. The first-order chi connectivity index (χ1) is 10.1. The summed E-state index contributed by atoms with van der Waals surface area (Å²) in [6.07, 6.45) is 1.80. The maximum absolute atomic E-state index is 13.3. The molecule has 4 nitrogen and oxygen atoms in total. The molecule has 118 valence electrons. The number of rotatable bonds is 6. The Kier molecular flexibility index (Phi) is 5.64. The van der Waals surface area contributed by atoms with Crippen LogP contribution in [0.2, 0.25) is 0 Å². The van der Waals surface area contributed by atoms with Gasteiger partial charge in [-0.05, 0) is 31.0 Å². The van der Waals surface area contributed by atoms with Gasteiger partial charge in [-0.15, -0.1) is 0 Å². The molecule has 1 atom stereocenters. The minimum atomic E-state index is -0.585. The van der Waals surface area contributed by atoms with Crippen molar-refractivity contribution >= 4 is 0 Å². The SMILES string of the molecule is CCOC1(C(Cc2cc(F)cc(F)c2)NN)CCOCC1. The highest BCUT2D eigenvalue weighted by molar-refractivity contribution is 5.20. The number of nitrogens with one attached hydrogen (secondary N) is 1. The second-order valence-corrected chi connectivity index (χ2v) is 5.31. The number of hydrogen-bond donors (Lipinski definition) is 2. The average Bonchev–Trinajstić information content (AvgIpc) is 2.45. The molecule has 1 saturated heterocycles. The third-order valence-corrected chi connectivity index (χ3v) is 3.97. The van der Waals surface area contributed by atoms with E-state index in [0.717, 1.165) is 6.07 Å². The zero-order chi connectivity index (χ0) is 15.3. The van der Waals surface area contributed by atoms with E-state index in [0.29, 0.717) is 44.6 Å². The number of hydrazine groups is 1. The Morgan fingerprint density at radius 2 is 1.90 bits per heavy atom. The van der Waals surface area contributed by atoms with Gasteiger partial charge in [0.1, 0.15) is 11.6 Å². The van der Waals surface area contributed by atoms with Crippen LogP contribution in [0, 0.1) is 11.6 Å². The highest BCUT2D eigenvalue weighted by atomic mass is 19.1. The van der Waals surface area contributed by atoms with E-state index >= 15 is 0 Å². The van der Waals surface area contributed by atoms with Gasteiger partial charge in [-0.1, -0.05) is 0 Å². The predicted octanol–water partition coefficient (Wildman–Crippen LogP) is 1.92. The van der Waals surface area contributed by atoms with Gasteiger partial charge in [0, 0.05) is 38.7 Å². The molecule has 0 aliphatic carbocycles. The summed E-state index contributed by atoms with van der Waals surface area (Å²) in [5, 5.41) is 0. The Morgan fingerprint density at radius 1 is 1.29 bits per heavy atom. The lowest BCUT2D eigenvalue weighted by atomic mass is 9.83. The van der Waals surface area contributed by atoms with Crippen LogP contribution in [0.3, 0.4) is 0 Å². The molecule has 0 aromatic heterocycles. The zero-order valence-corrected chi connectivity index (χ0v) is 12.2. The molecule has 0 saturated carbocycles. The van der Waals surface area contributed by atoms with Crippen molar-refractivity contribution < 1.29 is 18.3 Å². The van der Waals surface area contributed by atoms with E-state index in [2.05, 4.69) is 5.43 Å². The molecule has 0 bridgehead atoms. The van der Waals surface area contributed by atoms with Gasteiger partial charge in [-0.25, -0.2) is 8.78 Å². The Balaban J connectivity index is 2.19. The largest absolute Gasteiger partial charge is 0.381 e. The van der Waals surface area contributed by atoms with Crippen LogP contribution in [-0.4, -0.2) is 31.5 Å². The van der Waals surface area contributed by atoms with Crippen LogP contribution < -0.4 is 11.3 Å². The molecule has 3 N–H and O–H groups in total. The van der Waals surface area contributed by atoms with Crippen molar-refractivity contribution in [2.45, 2.75) is 37.8 Å². The highest BCUT2D eigenvalue weighted by Gasteiger charge is 2.40. The normalized spacial score (nSPS) is 19.4. The topological polar surface area (TPSA) is 56.5 Å². The molecular formula is C15H22F2N2O2. The first kappa shape index (κ1) is 16.3. The van der Waals surface area contributed by atoms with Gasteiger partial charge < -0.3 is 9.47 Å². The van der Waals surface area contributed by atoms with Crippen LogP contribution in [0.15, 0.2) is 18.2 Å². The maximum atomic E-state index is 13.3. The van der Waals surface area contributed by atoms with Gasteiger partial charge in [-0.3, -0.25) is 11.3 Å². The Hall–Kier alpha value is -1.08. The monoisotopic (exact) mass is 300 g/mol. The second kappa shape index (κ2) is 7.26. The molecule has 1 aromatic carbocycles. The van der Waals surface area contributed by atoms with E-state index in [9.17, 15) is 8.78 Å². The molecule has 6 heteroatoms. The molecule has 21 heavy (non-hydrogen) atoms. The van der Waals surface area contributed by atoms with E-state index in [1.807, 2.05) is 6.92 Å². The standard InChI is InChI=1S/C15H22F2N2O2/c1-2-21-15(3-5-20-6-4-15)14(19-18)9-11-7-12(16)10-13(17)8-11/h7-8,10,14,19H,2-6,9,18H2,1H3. The summed E-state index contributed by atoms with van der Waals surface area (Å²) < 4.78 is 38.0. The van der Waals surface area contributed by atoms with Crippen molar-refractivity contribution in [3.63, 3.8) is 0 Å². The van der Waals surface area contributed by atoms with Gasteiger partial charge in [0.05, 0.1) is 11.6 Å². The second-order valence-electron chi connectivity index (χ2n) is 5.31. The van der Waals surface area contributed by atoms with Crippen molar-refractivity contribution in [2.75, 3.05) is 19.8 Å². The lowest BCUT2D eigenvalue weighted by Gasteiger charge is -2.42. The van der Waals surface area contributed by atoms with Crippen molar-refractivity contribution in [1.82, 2.24) is 5.43 Å². The fourth-order valence-electron chi connectivity index (χ4n) is 2.96. The average molecular weight is 300 g/mol. The predicted molar refractivity (Wildman–Crippen MR) is 75.6 cm³/mol. The lowest BCUT2D eigenvalue weighted by Crippen LogP contribution is -2.58. The van der Waals surface area contributed by atoms with Crippen LogP contribution in [0.4, 0.5) is 8.78 Å². The summed E-state index contributed by atoms with van der Waals surface area (Å²) in [7, 11) is 0. The fraction of sp³-hybridized carbons (Fsp3) is 0.600. The van der Waals surface area contributed by atoms with Crippen molar-refractivity contribution in [2.24, 2.45) is 5.84 Å². The van der Waals surface area contributed by atoms with E-state index in [1.165, 1.54) is 12.1 Å². The quantitative estimate of drug-likeness (QED) is 0.622. The molecule has 0 amide bonds. The summed E-state index contributed by atoms with van der Waals surface area (Å²) in [5.74, 6) is 4.51. The molecule has 0 radical (unpaired) electrons. The molecule has 1 fully saturated rings. The van der Waals surface area contributed by atoms with Gasteiger partial charge >= 0.3 is 0 Å². The van der Waals surface area contributed by atoms with Crippen molar-refractivity contribution in [3.05, 3.63) is 35.4 Å². The summed E-state index contributed by atoms with van der Waals surface area (Å²) in [6.45, 7) is 3.66. The van der Waals surface area contributed by atoms with Gasteiger partial charge in [0.2, 0.25) is 0 Å². The Labute approximate surface area is 123 Å². The lowest BCUT2D eigenvalue weighted by molar-refractivity contribution is -0.126. The molecule has 1 aromatic rings. The number of halogens is 2. The zero-order valence-electron chi connectivity index (χ0n) is 12.2. The molecule has 1 unspecified atom stereocenters. The summed E-state index contributed by atoms with van der Waals surface area (Å²) in [5.41, 5.74) is 2.85. The highest BCUT2D eigenvalue weighted by Crippen LogP contribution is 2.30. The van der Waals surface area contributed by atoms with Gasteiger partial charge in [-0.2, -0.15) is 0 Å². The van der Waals surface area contributed by atoms with Crippen LogP contribution >= 0.6 is 0 Å². The van der Waals surface area contributed by atoms with E-state index in [4.69, 9.17) is 15.3 Å². The Bertz CT molecular complexity index is 439. The fourth-order valence-corrected chi connectivity index (χ4v) is 2.96. The van der Waals surface area contributed by atoms with Crippen LogP contribution in [0.25, 0.3) is 0 Å². The third-order valence-electron chi connectivity index (χ3n) is 3.97. The van der Waals surface area contributed by atoms with E-state index in [1.54, 1.807) is 0 Å². The molecule has 2 rings (SSSR count). The van der Waals surface area contributed by atoms with Crippen molar-refractivity contribution in [3.8, 4) is 0 Å². The first-order valence-corrected chi connectivity index (χ1v) is 7.22. The molecule has 1 heterocycles. The minimum Gasteiger partial charge on any atom is -0.381 e. The molecule has 1 aliphatic heterocycles. The van der Waals surface area contributed by atoms with Crippen LogP contribution in [0.1, 0.15) is 25.3 Å². The Morgan fingerprint density at radius 3 is 2.43 bits per heavy atom. The smallest absolute Gasteiger partial charge is 0.126 e. The molecule has 1 aliphatic rings. The summed E-state index contributed by atoms with van der Waals surface area (Å²) in [6, 6.07) is 3.28. The number of nitrogens with two attached hydrogens (primary N) is 1. The number of benzene rings is 1. The summed E-state index contributed by atoms with van der Waals surface area (Å²) in [4.78, 5) is 0. The van der Waals surface area contributed by atoms with Crippen molar-refractivity contribution in [1.29, 1.82) is 0 Å². The molecular weight excluding hydrogens is 278 g/mol. The van der Waals surface area contributed by atoms with Gasteiger partial charge in [0.25, 0.3) is 0 Å². The van der Waals surface area contributed by atoms with Crippen LogP contribution in [0.5, 0.6) is 0 Å². The summed E-state index contributed by atoms with van der Waals surface area (Å²) >= 11 is 0. The number of hydrogen-bond acceptors (Lipinski definition) is 4. The first-order valence-electron chi connectivity index (χ1n) is 7.22. The maximum Gasteiger partial charge on any atom is 0.126 e. The third kappa shape index (κ3) is 3.97. The van der Waals surface area contributed by atoms with E-state index < -0.39 is 17.2 Å². The number of ether oxygens (including phenoxy) is 2. The van der Waals surface area contributed by atoms with Crippen LogP contribution in [-0.2, 0) is 15.9 Å². The molecule has 0 spiro atoms.